The first-order valence-electron chi connectivity index (χ1n) is 9.92. The van der Waals surface area contributed by atoms with E-state index in [2.05, 4.69) is 31.9 Å². The molecule has 2 heterocycles. The quantitative estimate of drug-likeness (QED) is 0.816. The highest BCUT2D eigenvalue weighted by Crippen LogP contribution is 2.41. The second kappa shape index (κ2) is 7.47. The summed E-state index contributed by atoms with van der Waals surface area (Å²) in [5.41, 5.74) is 2.77. The third kappa shape index (κ3) is 3.99. The number of piperazine rings is 1. The average molecular weight is 380 g/mol. The molecule has 2 aromatic carbocycles. The molecule has 0 aromatic heterocycles. The van der Waals surface area contributed by atoms with Gasteiger partial charge in [0.05, 0.1) is 0 Å². The summed E-state index contributed by atoms with van der Waals surface area (Å²) in [6.07, 6.45) is 0.892. The molecule has 0 bridgehead atoms. The molecule has 148 valence electrons. The average Bonchev–Trinajstić information content (AvgIpc) is 3.01. The molecule has 0 radical (unpaired) electrons. The number of nitrogens with zero attached hydrogens (tertiary/aromatic N) is 2. The van der Waals surface area contributed by atoms with Gasteiger partial charge in [-0.15, -0.1) is 0 Å². The molecule has 1 fully saturated rings. The molecular weight excluding hydrogens is 352 g/mol. The Balaban J connectivity index is 1.38. The summed E-state index contributed by atoms with van der Waals surface area (Å²) in [6, 6.07) is 13.8. The molecule has 0 atom stereocenters. The molecule has 5 nitrogen and oxygen atoms in total. The Morgan fingerprint density at radius 2 is 1.79 bits per heavy atom. The van der Waals surface area contributed by atoms with Crippen molar-refractivity contribution in [2.24, 2.45) is 0 Å². The van der Waals surface area contributed by atoms with E-state index in [0.29, 0.717) is 6.61 Å². The van der Waals surface area contributed by atoms with Crippen LogP contribution in [0.15, 0.2) is 42.5 Å². The van der Waals surface area contributed by atoms with Gasteiger partial charge in [0.25, 0.3) is 5.91 Å². The molecule has 2 aliphatic rings. The van der Waals surface area contributed by atoms with Gasteiger partial charge >= 0.3 is 0 Å². The van der Waals surface area contributed by atoms with Gasteiger partial charge in [0.15, 0.2) is 11.5 Å². The molecule has 2 aromatic rings. The van der Waals surface area contributed by atoms with Crippen LogP contribution >= 0.6 is 0 Å². The summed E-state index contributed by atoms with van der Waals surface area (Å²) in [4.78, 5) is 16.8. The molecule has 28 heavy (non-hydrogen) atoms. The minimum absolute atomic E-state index is 0.108. The lowest BCUT2D eigenvalue weighted by atomic mass is 10.0. The number of likely N-dealkylation sites (N-methyl/N-ethyl adjacent to an activating group) is 1. The summed E-state index contributed by atoms with van der Waals surface area (Å²) >= 11 is 0. The van der Waals surface area contributed by atoms with Gasteiger partial charge in [-0.3, -0.25) is 4.79 Å². The minimum atomic E-state index is -0.187. The van der Waals surface area contributed by atoms with Crippen LogP contribution in [-0.4, -0.2) is 54.5 Å². The van der Waals surface area contributed by atoms with E-state index in [0.717, 1.165) is 55.2 Å². The molecule has 4 rings (SSSR count). The second-order valence-corrected chi connectivity index (χ2v) is 8.36. The largest absolute Gasteiger partial charge is 0.485 e. The highest BCUT2D eigenvalue weighted by atomic mass is 16.5. The fraction of sp³-hybridized carbons (Fsp3) is 0.435. The molecule has 1 amide bonds. The third-order valence-corrected chi connectivity index (χ3v) is 5.44. The first kappa shape index (κ1) is 18.8. The zero-order chi connectivity index (χ0) is 19.7. The van der Waals surface area contributed by atoms with Crippen LogP contribution in [0.5, 0.6) is 11.5 Å². The molecule has 1 saturated heterocycles. The van der Waals surface area contributed by atoms with E-state index in [4.69, 9.17) is 9.47 Å². The number of rotatable bonds is 4. The monoisotopic (exact) mass is 380 g/mol. The maximum atomic E-state index is 12.6. The van der Waals surface area contributed by atoms with E-state index in [1.165, 1.54) is 5.56 Å². The Morgan fingerprint density at radius 1 is 1.07 bits per heavy atom. The Hall–Kier alpha value is -2.53. The topological polar surface area (TPSA) is 42.0 Å². The Kier molecular flexibility index (Phi) is 5.02. The lowest BCUT2D eigenvalue weighted by molar-refractivity contribution is 0.0664. The fourth-order valence-electron chi connectivity index (χ4n) is 3.80. The number of fused-ring (bicyclic) bond motifs is 1. The number of hydrogen-bond acceptors (Lipinski definition) is 4. The summed E-state index contributed by atoms with van der Waals surface area (Å²) in [7, 11) is 2.09. The lowest BCUT2D eigenvalue weighted by Crippen LogP contribution is -2.47. The predicted octanol–water partition coefficient (Wildman–Crippen LogP) is 3.37. The maximum Gasteiger partial charge on any atom is 0.253 e. The molecule has 0 aliphatic carbocycles. The third-order valence-electron chi connectivity index (χ3n) is 5.44. The normalized spacial score (nSPS) is 18.5. The second-order valence-electron chi connectivity index (χ2n) is 8.36. The highest BCUT2D eigenvalue weighted by molar-refractivity contribution is 5.94. The van der Waals surface area contributed by atoms with Gasteiger partial charge in [-0.2, -0.15) is 0 Å². The van der Waals surface area contributed by atoms with Crippen LogP contribution in [0.2, 0.25) is 0 Å². The van der Waals surface area contributed by atoms with E-state index in [9.17, 15) is 4.79 Å². The van der Waals surface area contributed by atoms with Crippen LogP contribution in [0.25, 0.3) is 0 Å². The zero-order valence-corrected chi connectivity index (χ0v) is 16.9. The minimum Gasteiger partial charge on any atom is -0.485 e. The van der Waals surface area contributed by atoms with Gasteiger partial charge in [0.2, 0.25) is 0 Å². The number of amides is 1. The van der Waals surface area contributed by atoms with Crippen molar-refractivity contribution in [3.8, 4) is 11.5 Å². The molecule has 0 N–H and O–H groups in total. The smallest absolute Gasteiger partial charge is 0.253 e. The first-order chi connectivity index (χ1) is 13.4. The van der Waals surface area contributed by atoms with Crippen molar-refractivity contribution in [1.82, 2.24) is 9.80 Å². The van der Waals surface area contributed by atoms with Crippen LogP contribution in [0, 0.1) is 0 Å². The Bertz CT molecular complexity index is 853. The van der Waals surface area contributed by atoms with Gasteiger partial charge in [0, 0.05) is 43.7 Å². The van der Waals surface area contributed by atoms with E-state index in [1.807, 2.05) is 41.3 Å². The number of ether oxygens (including phenoxy) is 2. The van der Waals surface area contributed by atoms with E-state index < -0.39 is 0 Å². The van der Waals surface area contributed by atoms with Gasteiger partial charge in [-0.25, -0.2) is 0 Å². The van der Waals surface area contributed by atoms with Gasteiger partial charge in [-0.05, 0) is 44.7 Å². The molecular formula is C23H28N2O3. The summed E-state index contributed by atoms with van der Waals surface area (Å²) in [5.74, 6) is 1.74. The number of carbonyl (C=O) groups is 1. The molecule has 0 unspecified atom stereocenters. The van der Waals surface area contributed by atoms with Crippen LogP contribution in [-0.2, 0) is 13.0 Å². The van der Waals surface area contributed by atoms with Crippen molar-refractivity contribution in [3.05, 3.63) is 59.2 Å². The highest BCUT2D eigenvalue weighted by Gasteiger charge is 2.32. The number of carbonyl (C=O) groups excluding carboxylic acids is 1. The van der Waals surface area contributed by atoms with Crippen molar-refractivity contribution in [2.45, 2.75) is 32.5 Å². The van der Waals surface area contributed by atoms with Crippen molar-refractivity contribution in [1.29, 1.82) is 0 Å². The van der Waals surface area contributed by atoms with Gasteiger partial charge < -0.3 is 19.3 Å². The molecule has 0 spiro atoms. The fourth-order valence-corrected chi connectivity index (χ4v) is 3.80. The number of para-hydroxylation sites is 1. The van der Waals surface area contributed by atoms with Crippen molar-refractivity contribution in [3.63, 3.8) is 0 Å². The molecule has 0 saturated carbocycles. The van der Waals surface area contributed by atoms with Crippen LogP contribution in [0.4, 0.5) is 0 Å². The lowest BCUT2D eigenvalue weighted by Gasteiger charge is -2.32. The van der Waals surface area contributed by atoms with Gasteiger partial charge in [-0.1, -0.05) is 24.3 Å². The van der Waals surface area contributed by atoms with E-state index in [-0.39, 0.29) is 11.5 Å². The summed E-state index contributed by atoms with van der Waals surface area (Å²) in [5, 5.41) is 0. The van der Waals surface area contributed by atoms with E-state index in [1.54, 1.807) is 0 Å². The van der Waals surface area contributed by atoms with Crippen molar-refractivity contribution >= 4 is 5.91 Å². The van der Waals surface area contributed by atoms with Crippen molar-refractivity contribution in [2.75, 3.05) is 33.2 Å². The number of benzene rings is 2. The van der Waals surface area contributed by atoms with E-state index >= 15 is 0 Å². The Morgan fingerprint density at radius 3 is 2.50 bits per heavy atom. The first-order valence-corrected chi connectivity index (χ1v) is 9.92. The standard InChI is InChI=1S/C23H28N2O3/c1-23(2)15-19-5-4-6-20(21(19)28-23)27-16-17-7-9-18(10-8-17)22(26)25-13-11-24(3)12-14-25/h4-10H,11-16H2,1-3H3. The Labute approximate surface area is 166 Å². The van der Waals surface area contributed by atoms with Crippen molar-refractivity contribution < 1.29 is 14.3 Å². The van der Waals surface area contributed by atoms with Gasteiger partial charge in [0.1, 0.15) is 12.2 Å². The summed E-state index contributed by atoms with van der Waals surface area (Å²) < 4.78 is 12.1. The molecule has 5 heteroatoms. The molecule has 2 aliphatic heterocycles. The SMILES string of the molecule is CN1CCN(C(=O)c2ccc(COc3cccc4c3OC(C)(C)C4)cc2)CC1. The maximum absolute atomic E-state index is 12.6. The van der Waals surface area contributed by atoms with Crippen LogP contribution in [0.3, 0.4) is 0 Å². The predicted molar refractivity (Wildman–Crippen MR) is 109 cm³/mol. The zero-order valence-electron chi connectivity index (χ0n) is 16.9. The van der Waals surface area contributed by atoms with Crippen LogP contribution in [0.1, 0.15) is 35.3 Å². The summed E-state index contributed by atoms with van der Waals surface area (Å²) in [6.45, 7) is 8.06. The van der Waals surface area contributed by atoms with Crippen LogP contribution < -0.4 is 9.47 Å². The number of hydrogen-bond donors (Lipinski definition) is 0.